The molecule has 0 aliphatic heterocycles. The third kappa shape index (κ3) is 4.57. The second-order valence-corrected chi connectivity index (χ2v) is 6.75. The number of likely N-dealkylation sites (N-methyl/N-ethyl adjacent to an activating group) is 1. The van der Waals surface area contributed by atoms with Gasteiger partial charge in [0.05, 0.1) is 12.3 Å². The van der Waals surface area contributed by atoms with Crippen LogP contribution in [0, 0.1) is 19.8 Å². The minimum absolute atomic E-state index is 0.141. The highest BCUT2D eigenvalue weighted by Crippen LogP contribution is 2.24. The number of amides is 1. The van der Waals surface area contributed by atoms with Gasteiger partial charge in [0.15, 0.2) is 0 Å². The summed E-state index contributed by atoms with van der Waals surface area (Å²) in [5.74, 6) is -0.874. The molecule has 1 aliphatic rings. The Morgan fingerprint density at radius 1 is 1.21 bits per heavy atom. The van der Waals surface area contributed by atoms with Crippen LogP contribution in [0.4, 0.5) is 0 Å². The lowest BCUT2D eigenvalue weighted by atomic mass is 9.89. The Morgan fingerprint density at radius 2 is 1.75 bits per heavy atom. The Labute approximate surface area is 146 Å². The predicted molar refractivity (Wildman–Crippen MR) is 90.5 cm³/mol. The maximum absolute atomic E-state index is 12.3. The van der Waals surface area contributed by atoms with Crippen molar-refractivity contribution in [3.63, 3.8) is 0 Å². The van der Waals surface area contributed by atoms with Crippen molar-refractivity contribution in [1.82, 2.24) is 5.06 Å². The van der Waals surface area contributed by atoms with Crippen molar-refractivity contribution < 1.29 is 19.2 Å². The molecule has 0 unspecified atom stereocenters. The number of hydroxylamine groups is 2. The van der Waals surface area contributed by atoms with Gasteiger partial charge in [-0.05, 0) is 55.5 Å². The van der Waals surface area contributed by atoms with E-state index in [0.717, 1.165) is 21.8 Å². The average molecular weight is 352 g/mol. The molecule has 5 nitrogen and oxygen atoms in total. The number of benzene rings is 1. The van der Waals surface area contributed by atoms with Gasteiger partial charge in [-0.15, -0.1) is 0 Å². The van der Waals surface area contributed by atoms with Crippen molar-refractivity contribution in [3.8, 4) is 0 Å². The summed E-state index contributed by atoms with van der Waals surface area (Å²) in [6.07, 6.45) is 1.94. The minimum atomic E-state index is -0.442. The molecule has 0 atom stereocenters. The van der Waals surface area contributed by atoms with Gasteiger partial charge in [0.1, 0.15) is 5.78 Å². The molecule has 1 aliphatic carbocycles. The van der Waals surface area contributed by atoms with Crippen molar-refractivity contribution in [2.45, 2.75) is 46.0 Å². The van der Waals surface area contributed by atoms with Crippen LogP contribution in [0.1, 0.15) is 42.4 Å². The number of hydrogen-bond acceptors (Lipinski definition) is 4. The Morgan fingerprint density at radius 3 is 2.29 bits per heavy atom. The summed E-state index contributed by atoms with van der Waals surface area (Å²) in [7, 11) is 1.44. The van der Waals surface area contributed by atoms with Crippen LogP contribution in [0.5, 0.6) is 0 Å². The van der Waals surface area contributed by atoms with Crippen molar-refractivity contribution in [2.75, 3.05) is 7.05 Å². The molecule has 1 amide bonds. The Kier molecular flexibility index (Phi) is 5.99. The van der Waals surface area contributed by atoms with Crippen LogP contribution < -0.4 is 0 Å². The maximum Gasteiger partial charge on any atom is 0.335 e. The molecule has 1 aromatic rings. The summed E-state index contributed by atoms with van der Waals surface area (Å²) in [6.45, 7) is 3.79. The lowest BCUT2D eigenvalue weighted by molar-refractivity contribution is -0.196. The Bertz CT molecular complexity index is 638. The van der Waals surface area contributed by atoms with Crippen LogP contribution in [0.15, 0.2) is 12.1 Å². The first-order chi connectivity index (χ1) is 11.3. The summed E-state index contributed by atoms with van der Waals surface area (Å²) in [4.78, 5) is 40.8. The van der Waals surface area contributed by atoms with E-state index in [0.29, 0.717) is 30.7 Å². The second kappa shape index (κ2) is 7.79. The van der Waals surface area contributed by atoms with Gasteiger partial charge in [-0.1, -0.05) is 11.6 Å². The number of nitrogens with zero attached hydrogens (tertiary/aromatic N) is 1. The molecular weight excluding hydrogens is 330 g/mol. The summed E-state index contributed by atoms with van der Waals surface area (Å²) in [6, 6.07) is 3.62. The zero-order valence-electron chi connectivity index (χ0n) is 14.2. The van der Waals surface area contributed by atoms with E-state index >= 15 is 0 Å². The molecule has 0 saturated heterocycles. The molecule has 130 valence electrons. The lowest BCUT2D eigenvalue weighted by Crippen LogP contribution is -2.35. The zero-order chi connectivity index (χ0) is 17.9. The highest BCUT2D eigenvalue weighted by atomic mass is 35.5. The molecule has 24 heavy (non-hydrogen) atoms. The van der Waals surface area contributed by atoms with Gasteiger partial charge < -0.3 is 4.84 Å². The third-order valence-corrected chi connectivity index (χ3v) is 4.66. The van der Waals surface area contributed by atoms with Gasteiger partial charge in [0.2, 0.25) is 0 Å². The highest BCUT2D eigenvalue weighted by Gasteiger charge is 2.28. The van der Waals surface area contributed by atoms with Gasteiger partial charge in [-0.25, -0.2) is 4.79 Å². The summed E-state index contributed by atoms with van der Waals surface area (Å²) in [5, 5.41) is 1.62. The number of carbonyl (C=O) groups is 3. The van der Waals surface area contributed by atoms with Crippen molar-refractivity contribution in [3.05, 3.63) is 33.8 Å². The topological polar surface area (TPSA) is 63.7 Å². The number of ketones is 1. The Balaban J connectivity index is 1.95. The monoisotopic (exact) mass is 351 g/mol. The van der Waals surface area contributed by atoms with Crippen LogP contribution >= 0.6 is 11.6 Å². The third-order valence-electron chi connectivity index (χ3n) is 4.44. The lowest BCUT2D eigenvalue weighted by Gasteiger charge is -2.23. The van der Waals surface area contributed by atoms with Gasteiger partial charge in [0.25, 0.3) is 5.91 Å². The van der Waals surface area contributed by atoms with Gasteiger partial charge in [0, 0.05) is 24.9 Å². The standard InChI is InChI=1S/C18H22ClNO4/c1-11-8-14(19)9-12(2)16(11)10-17(22)20(3)24-18(23)13-4-6-15(21)7-5-13/h8-9,13H,4-7,10H2,1-3H3. The van der Waals surface area contributed by atoms with Crippen LogP contribution in [-0.4, -0.2) is 29.8 Å². The molecule has 1 saturated carbocycles. The fourth-order valence-electron chi connectivity index (χ4n) is 2.92. The number of rotatable bonds is 3. The molecule has 0 radical (unpaired) electrons. The normalized spacial score (nSPS) is 15.2. The van der Waals surface area contributed by atoms with E-state index in [9.17, 15) is 14.4 Å². The highest BCUT2D eigenvalue weighted by molar-refractivity contribution is 6.30. The molecule has 0 spiro atoms. The molecule has 0 N–H and O–H groups in total. The van der Waals surface area contributed by atoms with E-state index in [4.69, 9.17) is 16.4 Å². The van der Waals surface area contributed by atoms with Crippen LogP contribution in [0.2, 0.25) is 5.02 Å². The van der Waals surface area contributed by atoms with Crippen LogP contribution in [-0.2, 0) is 25.6 Å². The SMILES string of the molecule is Cc1cc(Cl)cc(C)c1CC(=O)N(C)OC(=O)C1CCC(=O)CC1. The fraction of sp³-hybridized carbons (Fsp3) is 0.500. The molecule has 6 heteroatoms. The number of hydrogen-bond donors (Lipinski definition) is 0. The molecular formula is C18H22ClNO4. The predicted octanol–water partition coefficient (Wildman–Crippen LogP) is 3.18. The van der Waals surface area contributed by atoms with E-state index in [2.05, 4.69) is 0 Å². The van der Waals surface area contributed by atoms with E-state index in [1.165, 1.54) is 7.05 Å². The number of Topliss-reactive ketones (excluding diaryl/α,β-unsaturated/α-hetero) is 1. The number of carbonyl (C=O) groups excluding carboxylic acids is 3. The van der Waals surface area contributed by atoms with E-state index < -0.39 is 5.97 Å². The van der Waals surface area contributed by atoms with E-state index in [1.54, 1.807) is 0 Å². The first-order valence-electron chi connectivity index (χ1n) is 8.03. The van der Waals surface area contributed by atoms with Crippen molar-refractivity contribution >= 4 is 29.3 Å². The van der Waals surface area contributed by atoms with Gasteiger partial charge in [-0.2, -0.15) is 5.06 Å². The van der Waals surface area contributed by atoms with Gasteiger partial charge in [-0.3, -0.25) is 9.59 Å². The molecule has 0 bridgehead atoms. The van der Waals surface area contributed by atoms with Gasteiger partial charge >= 0.3 is 5.97 Å². The summed E-state index contributed by atoms with van der Waals surface area (Å²) >= 11 is 6.00. The van der Waals surface area contributed by atoms with E-state index in [1.807, 2.05) is 26.0 Å². The summed E-state index contributed by atoms with van der Waals surface area (Å²) in [5.41, 5.74) is 2.74. The van der Waals surface area contributed by atoms with Crippen LogP contribution in [0.25, 0.3) is 0 Å². The van der Waals surface area contributed by atoms with Crippen molar-refractivity contribution in [1.29, 1.82) is 0 Å². The number of aryl methyl sites for hydroxylation is 2. The molecule has 0 aromatic heterocycles. The molecule has 1 fully saturated rings. The second-order valence-electron chi connectivity index (χ2n) is 6.31. The number of halogens is 1. The Hall–Kier alpha value is -1.88. The first-order valence-corrected chi connectivity index (χ1v) is 8.41. The van der Waals surface area contributed by atoms with E-state index in [-0.39, 0.29) is 24.0 Å². The summed E-state index contributed by atoms with van der Waals surface area (Å²) < 4.78 is 0. The molecule has 2 rings (SSSR count). The van der Waals surface area contributed by atoms with Crippen LogP contribution in [0.3, 0.4) is 0 Å². The zero-order valence-corrected chi connectivity index (χ0v) is 15.0. The molecule has 1 aromatic carbocycles. The fourth-order valence-corrected chi connectivity index (χ4v) is 3.25. The molecule has 0 heterocycles. The minimum Gasteiger partial charge on any atom is -0.338 e. The smallest absolute Gasteiger partial charge is 0.335 e. The largest absolute Gasteiger partial charge is 0.338 e. The average Bonchev–Trinajstić information content (AvgIpc) is 2.51. The first kappa shape index (κ1) is 18.5. The van der Waals surface area contributed by atoms with Crippen molar-refractivity contribution in [2.24, 2.45) is 5.92 Å². The maximum atomic E-state index is 12.3. The quantitative estimate of drug-likeness (QED) is 0.784.